The van der Waals surface area contributed by atoms with Gasteiger partial charge in [0.25, 0.3) is 6.43 Å². The van der Waals surface area contributed by atoms with E-state index in [1.165, 1.54) is 13.2 Å². The number of hydrogen-bond donors (Lipinski definition) is 1. The molecule has 1 aromatic carbocycles. The molecular formula is C11H9F2NO2. The van der Waals surface area contributed by atoms with Gasteiger partial charge in [-0.05, 0) is 18.2 Å². The summed E-state index contributed by atoms with van der Waals surface area (Å²) in [6.45, 7) is 0. The Morgan fingerprint density at radius 3 is 2.69 bits per heavy atom. The van der Waals surface area contributed by atoms with Gasteiger partial charge in [-0.3, -0.25) is 4.79 Å². The molecule has 1 aromatic heterocycles. The van der Waals surface area contributed by atoms with Gasteiger partial charge >= 0.3 is 0 Å². The number of nitrogens with one attached hydrogen (secondary N) is 1. The van der Waals surface area contributed by atoms with Crippen LogP contribution in [0.25, 0.3) is 10.9 Å². The third kappa shape index (κ3) is 1.76. The number of aromatic amines is 1. The second kappa shape index (κ2) is 3.92. The van der Waals surface area contributed by atoms with Crippen LogP contribution in [0.2, 0.25) is 0 Å². The lowest BCUT2D eigenvalue weighted by atomic mass is 10.1. The number of methoxy groups -OCH3 is 1. The molecule has 0 atom stereocenters. The largest absolute Gasteiger partial charge is 0.497 e. The fourth-order valence-corrected chi connectivity index (χ4v) is 1.57. The second-order valence-corrected chi connectivity index (χ2v) is 3.30. The summed E-state index contributed by atoms with van der Waals surface area (Å²) >= 11 is 0. The van der Waals surface area contributed by atoms with E-state index in [-0.39, 0.29) is 5.56 Å². The minimum atomic E-state index is -2.68. The molecule has 0 saturated heterocycles. The number of hydrogen-bond acceptors (Lipinski definition) is 2. The lowest BCUT2D eigenvalue weighted by molar-refractivity contribution is 0.153. The van der Waals surface area contributed by atoms with Crippen molar-refractivity contribution < 1.29 is 13.5 Å². The van der Waals surface area contributed by atoms with Crippen LogP contribution in [-0.2, 0) is 0 Å². The molecule has 16 heavy (non-hydrogen) atoms. The maximum absolute atomic E-state index is 12.7. The Labute approximate surface area is 89.7 Å². The summed E-state index contributed by atoms with van der Waals surface area (Å²) in [6.07, 6.45) is -2.68. The number of rotatable bonds is 2. The highest BCUT2D eigenvalue weighted by molar-refractivity contribution is 5.83. The van der Waals surface area contributed by atoms with E-state index in [2.05, 4.69) is 4.98 Å². The Morgan fingerprint density at radius 2 is 2.06 bits per heavy atom. The summed E-state index contributed by atoms with van der Waals surface area (Å²) in [6, 6.07) is 5.54. The van der Waals surface area contributed by atoms with Gasteiger partial charge < -0.3 is 9.72 Å². The SMILES string of the molecule is COc1ccc2[nH]c(=O)cc(C(F)F)c2c1. The Morgan fingerprint density at radius 1 is 1.31 bits per heavy atom. The summed E-state index contributed by atoms with van der Waals surface area (Å²) in [4.78, 5) is 13.6. The first-order valence-corrected chi connectivity index (χ1v) is 4.61. The molecule has 0 unspecified atom stereocenters. The van der Waals surface area contributed by atoms with Crippen molar-refractivity contribution >= 4 is 10.9 Å². The van der Waals surface area contributed by atoms with Crippen molar-refractivity contribution in [2.75, 3.05) is 7.11 Å². The fourth-order valence-electron chi connectivity index (χ4n) is 1.57. The molecule has 0 aliphatic heterocycles. The Bertz CT molecular complexity index is 578. The Balaban J connectivity index is 2.80. The molecule has 0 fully saturated rings. The number of ether oxygens (including phenoxy) is 1. The van der Waals surface area contributed by atoms with E-state index >= 15 is 0 Å². The number of alkyl halides is 2. The minimum Gasteiger partial charge on any atom is -0.497 e. The first kappa shape index (κ1) is 10.6. The van der Waals surface area contributed by atoms with Crippen molar-refractivity contribution in [3.63, 3.8) is 0 Å². The van der Waals surface area contributed by atoms with Crippen LogP contribution in [0.1, 0.15) is 12.0 Å². The molecule has 0 saturated carbocycles. The molecule has 0 aliphatic rings. The highest BCUT2D eigenvalue weighted by atomic mass is 19.3. The van der Waals surface area contributed by atoms with Gasteiger partial charge in [0.1, 0.15) is 5.75 Å². The number of pyridine rings is 1. The van der Waals surface area contributed by atoms with Gasteiger partial charge in [-0.1, -0.05) is 0 Å². The fraction of sp³-hybridized carbons (Fsp3) is 0.182. The van der Waals surface area contributed by atoms with Crippen molar-refractivity contribution in [2.24, 2.45) is 0 Å². The molecule has 2 aromatic rings. The molecule has 0 radical (unpaired) electrons. The van der Waals surface area contributed by atoms with E-state index in [1.807, 2.05) is 0 Å². The molecular weight excluding hydrogens is 216 g/mol. The van der Waals surface area contributed by atoms with Crippen LogP contribution in [0.5, 0.6) is 5.75 Å². The number of H-pyrrole nitrogens is 1. The third-order valence-corrected chi connectivity index (χ3v) is 2.32. The van der Waals surface area contributed by atoms with Gasteiger partial charge in [-0.2, -0.15) is 0 Å². The summed E-state index contributed by atoms with van der Waals surface area (Å²) in [7, 11) is 1.45. The number of aromatic nitrogens is 1. The van der Waals surface area contributed by atoms with Crippen LogP contribution in [0.3, 0.4) is 0 Å². The van der Waals surface area contributed by atoms with E-state index in [9.17, 15) is 13.6 Å². The minimum absolute atomic E-state index is 0.280. The number of fused-ring (bicyclic) bond motifs is 1. The molecule has 1 heterocycles. The van der Waals surface area contributed by atoms with Gasteiger partial charge in [0.2, 0.25) is 5.56 Å². The maximum atomic E-state index is 12.7. The Kier molecular flexibility index (Phi) is 2.60. The molecule has 1 N–H and O–H groups in total. The van der Waals surface area contributed by atoms with Crippen LogP contribution >= 0.6 is 0 Å². The van der Waals surface area contributed by atoms with Crippen molar-refractivity contribution in [1.29, 1.82) is 0 Å². The van der Waals surface area contributed by atoms with E-state index in [4.69, 9.17) is 4.74 Å². The summed E-state index contributed by atoms with van der Waals surface area (Å²) in [5, 5.41) is 0.300. The van der Waals surface area contributed by atoms with Crippen LogP contribution in [0.15, 0.2) is 29.1 Å². The summed E-state index contributed by atoms with van der Waals surface area (Å²) in [5.41, 5.74) is -0.436. The average Bonchev–Trinajstić information content (AvgIpc) is 2.27. The van der Waals surface area contributed by atoms with Crippen molar-refractivity contribution in [3.8, 4) is 5.75 Å². The predicted octanol–water partition coefficient (Wildman–Crippen LogP) is 2.47. The topological polar surface area (TPSA) is 42.1 Å². The zero-order valence-electron chi connectivity index (χ0n) is 8.46. The van der Waals surface area contributed by atoms with E-state index in [0.29, 0.717) is 16.7 Å². The monoisotopic (exact) mass is 225 g/mol. The normalized spacial score (nSPS) is 11.0. The van der Waals surface area contributed by atoms with Crippen molar-refractivity contribution in [1.82, 2.24) is 4.98 Å². The third-order valence-electron chi connectivity index (χ3n) is 2.32. The summed E-state index contributed by atoms with van der Waals surface area (Å²) in [5.74, 6) is 0.474. The number of benzene rings is 1. The van der Waals surface area contributed by atoms with Gasteiger partial charge in [-0.25, -0.2) is 8.78 Å². The molecule has 2 rings (SSSR count). The van der Waals surface area contributed by atoms with E-state index in [1.54, 1.807) is 12.1 Å². The van der Waals surface area contributed by atoms with Crippen LogP contribution in [0, 0.1) is 0 Å². The van der Waals surface area contributed by atoms with Crippen LogP contribution in [-0.4, -0.2) is 12.1 Å². The van der Waals surface area contributed by atoms with Crippen LogP contribution in [0.4, 0.5) is 8.78 Å². The van der Waals surface area contributed by atoms with Gasteiger partial charge in [-0.15, -0.1) is 0 Å². The molecule has 0 spiro atoms. The van der Waals surface area contributed by atoms with E-state index < -0.39 is 12.0 Å². The molecule has 84 valence electrons. The second-order valence-electron chi connectivity index (χ2n) is 3.30. The highest BCUT2D eigenvalue weighted by Gasteiger charge is 2.13. The zero-order chi connectivity index (χ0) is 11.7. The first-order valence-electron chi connectivity index (χ1n) is 4.61. The quantitative estimate of drug-likeness (QED) is 0.853. The van der Waals surface area contributed by atoms with Crippen molar-refractivity contribution in [2.45, 2.75) is 6.43 Å². The number of halogens is 2. The summed E-state index contributed by atoms with van der Waals surface area (Å²) < 4.78 is 30.4. The lowest BCUT2D eigenvalue weighted by Crippen LogP contribution is -2.06. The first-order chi connectivity index (χ1) is 7.61. The van der Waals surface area contributed by atoms with Crippen molar-refractivity contribution in [3.05, 3.63) is 40.2 Å². The Hall–Kier alpha value is -1.91. The van der Waals surface area contributed by atoms with Gasteiger partial charge in [0.15, 0.2) is 0 Å². The molecule has 3 nitrogen and oxygen atoms in total. The maximum Gasteiger partial charge on any atom is 0.264 e. The smallest absolute Gasteiger partial charge is 0.264 e. The van der Waals surface area contributed by atoms with Gasteiger partial charge in [0.05, 0.1) is 7.11 Å². The zero-order valence-corrected chi connectivity index (χ0v) is 8.46. The molecule has 0 bridgehead atoms. The predicted molar refractivity (Wildman–Crippen MR) is 56.1 cm³/mol. The highest BCUT2D eigenvalue weighted by Crippen LogP contribution is 2.27. The lowest BCUT2D eigenvalue weighted by Gasteiger charge is -2.06. The standard InChI is InChI=1S/C11H9F2NO2/c1-16-6-2-3-9-7(4-6)8(11(12)13)5-10(15)14-9/h2-5,11H,1H3,(H,14,15). The molecule has 5 heteroatoms. The van der Waals surface area contributed by atoms with Gasteiger partial charge in [0, 0.05) is 22.5 Å². The van der Waals surface area contributed by atoms with E-state index in [0.717, 1.165) is 6.07 Å². The average molecular weight is 225 g/mol. The molecule has 0 aliphatic carbocycles. The van der Waals surface area contributed by atoms with Crippen LogP contribution < -0.4 is 10.3 Å². The molecule has 0 amide bonds.